The minimum atomic E-state index is -3.70. The summed E-state index contributed by atoms with van der Waals surface area (Å²) in [7, 11) is 0. The number of nitrogens with zero attached hydrogens (tertiary/aromatic N) is 2. The van der Waals surface area contributed by atoms with Gasteiger partial charge in [-0.25, -0.2) is 9.97 Å². The van der Waals surface area contributed by atoms with Crippen molar-refractivity contribution in [1.29, 1.82) is 0 Å². The summed E-state index contributed by atoms with van der Waals surface area (Å²) in [5.74, 6) is 0.638. The zero-order chi connectivity index (χ0) is 40.6. The van der Waals surface area contributed by atoms with Gasteiger partial charge in [-0.1, -0.05) is 48.9 Å². The smallest absolute Gasteiger partial charge is 0.395 e. The quantitative estimate of drug-likeness (QED) is 0.114. The molecule has 2 saturated carbocycles. The number of fused-ring (bicyclic) bond motifs is 2. The van der Waals surface area contributed by atoms with Gasteiger partial charge in [0.1, 0.15) is 11.6 Å². The molecule has 56 heavy (non-hydrogen) atoms. The first kappa shape index (κ1) is 43.2. The molecule has 3 N–H and O–H groups in total. The van der Waals surface area contributed by atoms with Crippen molar-refractivity contribution in [1.82, 2.24) is 9.97 Å². The van der Waals surface area contributed by atoms with Crippen LogP contribution in [0.3, 0.4) is 0 Å². The first-order chi connectivity index (χ1) is 26.6. The van der Waals surface area contributed by atoms with E-state index in [0.29, 0.717) is 33.9 Å². The van der Waals surface area contributed by atoms with Gasteiger partial charge in [0.2, 0.25) is 11.1 Å². The lowest BCUT2D eigenvalue weighted by Crippen LogP contribution is -2.25. The van der Waals surface area contributed by atoms with Crippen LogP contribution in [-0.2, 0) is 9.59 Å². The van der Waals surface area contributed by atoms with Gasteiger partial charge in [-0.3, -0.25) is 9.59 Å². The number of amides is 1. The molecule has 19 heteroatoms. The number of nitrogens with one attached hydrogen (secondary N) is 1. The Morgan fingerprint density at radius 3 is 1.48 bits per heavy atom. The second-order valence-electron chi connectivity index (χ2n) is 12.7. The van der Waals surface area contributed by atoms with E-state index in [1.165, 1.54) is 49.5 Å². The number of hydrogen-bond acceptors (Lipinski definition) is 9. The number of anilines is 2. The van der Waals surface area contributed by atoms with Crippen LogP contribution >= 0.6 is 58.0 Å². The highest BCUT2D eigenvalue weighted by Crippen LogP contribution is 2.47. The Kier molecular flexibility index (Phi) is 14.6. The molecular weight excluding hydrogens is 850 g/mol. The summed E-state index contributed by atoms with van der Waals surface area (Å²) in [5.41, 5.74) is 7.72. The molecule has 0 bridgehead atoms. The molecule has 2 aromatic carbocycles. The second-order valence-corrected chi connectivity index (χ2v) is 14.6. The molecule has 4 aliphatic rings. The molecule has 0 radical (unpaired) electrons. The van der Waals surface area contributed by atoms with Crippen LogP contribution in [-0.4, -0.2) is 39.0 Å². The number of pyridine rings is 2. The largest absolute Gasteiger partial charge is 0.586 e. The number of carbonyl (C=O) groups excluding carboxylic acids is 2. The van der Waals surface area contributed by atoms with Gasteiger partial charge in [-0.05, 0) is 73.7 Å². The van der Waals surface area contributed by atoms with E-state index < -0.39 is 12.6 Å². The Morgan fingerprint density at radius 2 is 1.11 bits per heavy atom. The third-order valence-corrected chi connectivity index (χ3v) is 9.74. The van der Waals surface area contributed by atoms with Crippen LogP contribution in [0.1, 0.15) is 51.4 Å². The lowest BCUT2D eigenvalue weighted by molar-refractivity contribution is -0.287. The Bertz CT molecular complexity index is 2000. The molecule has 4 heterocycles. The van der Waals surface area contributed by atoms with Crippen molar-refractivity contribution in [3.8, 4) is 45.3 Å². The maximum absolute atomic E-state index is 13.2. The number of halogens is 9. The van der Waals surface area contributed by atoms with Crippen LogP contribution in [0.15, 0.2) is 60.9 Å². The second kappa shape index (κ2) is 19.0. The van der Waals surface area contributed by atoms with Gasteiger partial charge in [0.15, 0.2) is 23.0 Å². The van der Waals surface area contributed by atoms with E-state index in [2.05, 4.69) is 34.2 Å². The van der Waals surface area contributed by atoms with Gasteiger partial charge < -0.3 is 30.0 Å². The molecule has 2 aliphatic heterocycles. The molecule has 0 unspecified atom stereocenters. The molecule has 2 aromatic heterocycles. The zero-order valence-corrected chi connectivity index (χ0v) is 32.9. The van der Waals surface area contributed by atoms with Crippen molar-refractivity contribution in [3.63, 3.8) is 0 Å². The van der Waals surface area contributed by atoms with Crippen molar-refractivity contribution in [2.75, 3.05) is 16.4 Å². The number of hydrogen-bond donors (Lipinski definition) is 2. The average Bonchev–Trinajstić information content (AvgIpc) is 3.96. The number of nitrogens with two attached hydrogens (primary N) is 1. The monoisotopic (exact) mass is 880 g/mol. The molecular formula is C37H33Cl5F4N4O6. The van der Waals surface area contributed by atoms with E-state index in [1.807, 2.05) is 0 Å². The predicted molar refractivity (Wildman–Crippen MR) is 206 cm³/mol. The number of nitrogen functional groups attached to an aromatic ring is 1. The van der Waals surface area contributed by atoms with Crippen molar-refractivity contribution >= 4 is 80.8 Å². The van der Waals surface area contributed by atoms with E-state index in [-0.39, 0.29) is 61.4 Å². The fourth-order valence-corrected chi connectivity index (χ4v) is 6.89. The van der Waals surface area contributed by atoms with E-state index >= 15 is 0 Å². The van der Waals surface area contributed by atoms with E-state index in [1.54, 1.807) is 24.3 Å². The lowest BCUT2D eigenvalue weighted by atomic mass is 10.1. The normalized spacial score (nSPS) is 17.1. The Balaban J connectivity index is 0.000000174. The Morgan fingerprint density at radius 1 is 0.696 bits per heavy atom. The highest BCUT2D eigenvalue weighted by Gasteiger charge is 2.45. The Labute approximate surface area is 343 Å². The molecule has 0 atom stereocenters. The fourth-order valence-electron chi connectivity index (χ4n) is 6.15. The summed E-state index contributed by atoms with van der Waals surface area (Å²) in [6, 6.07) is 12.0. The standard InChI is InChI=1S/C18H15ClF2N2O3.C12H7ClF2N2O2.C6H9ClO.CH2Cl2/c19-13-8-15-14(25-18(20,21)26-15)7-12(13)11-5-6-16(22-9-11)23-17(24)10-3-1-2-4-10;13-8-4-10-9(18-12(14,15)19-10)3-7(8)6-1-2-11(16)17-5-6;7-6(8)5-3-1-2-4-5;2-1-3/h5-10H,1-4H2,(H,22,23,24);1-5H,(H2,16,17);5H,1-4H2;1H2. The number of rotatable bonds is 5. The van der Waals surface area contributed by atoms with Crippen LogP contribution in [0.4, 0.5) is 29.2 Å². The number of benzene rings is 2. The summed E-state index contributed by atoms with van der Waals surface area (Å²) in [6.07, 6.45) is 4.02. The summed E-state index contributed by atoms with van der Waals surface area (Å²) >= 11 is 27.0. The summed E-state index contributed by atoms with van der Waals surface area (Å²) in [6.45, 7) is 0. The van der Waals surface area contributed by atoms with Crippen LogP contribution in [0.2, 0.25) is 10.0 Å². The molecule has 0 spiro atoms. The topological polar surface area (TPSA) is 135 Å². The van der Waals surface area contributed by atoms with Crippen LogP contribution < -0.4 is 30.0 Å². The zero-order valence-electron chi connectivity index (χ0n) is 29.1. The molecule has 8 rings (SSSR count). The number of alkyl halides is 6. The fraction of sp³-hybridized carbons (Fsp3) is 0.351. The minimum absolute atomic E-state index is 0.0221. The van der Waals surface area contributed by atoms with Gasteiger partial charge in [0.25, 0.3) is 0 Å². The highest BCUT2D eigenvalue weighted by atomic mass is 35.5. The summed E-state index contributed by atoms with van der Waals surface area (Å²) in [4.78, 5) is 30.7. The number of carbonyl (C=O) groups is 2. The molecule has 300 valence electrons. The van der Waals surface area contributed by atoms with Crippen molar-refractivity contribution in [2.45, 2.75) is 64.0 Å². The molecule has 2 fully saturated rings. The third kappa shape index (κ3) is 11.6. The van der Waals surface area contributed by atoms with Gasteiger partial charge in [-0.15, -0.1) is 40.8 Å². The van der Waals surface area contributed by atoms with Gasteiger partial charge in [0, 0.05) is 58.6 Å². The maximum Gasteiger partial charge on any atom is 0.586 e. The van der Waals surface area contributed by atoms with Crippen LogP contribution in [0.25, 0.3) is 22.3 Å². The third-order valence-electron chi connectivity index (χ3n) is 8.81. The van der Waals surface area contributed by atoms with E-state index in [4.69, 9.17) is 63.7 Å². The summed E-state index contributed by atoms with van der Waals surface area (Å²) < 4.78 is 69.7. The van der Waals surface area contributed by atoms with Gasteiger partial charge >= 0.3 is 12.6 Å². The molecule has 1 amide bonds. The summed E-state index contributed by atoms with van der Waals surface area (Å²) in [5, 5.41) is 3.35. The SMILES string of the molecule is ClCCl.Nc1ccc(-c2cc3c(cc2Cl)OC(F)(F)O3)cn1.O=C(Cl)C1CCCC1.O=C(Nc1ccc(-c2cc3c(cc2Cl)OC(F)(F)O3)cn1)C1CCCC1. The number of aromatic nitrogens is 2. The molecule has 4 aromatic rings. The van der Waals surface area contributed by atoms with Gasteiger partial charge in [-0.2, -0.15) is 0 Å². The van der Waals surface area contributed by atoms with Crippen molar-refractivity contribution < 1.29 is 46.1 Å². The molecule has 0 saturated heterocycles. The predicted octanol–water partition coefficient (Wildman–Crippen LogP) is 11.5. The minimum Gasteiger partial charge on any atom is -0.395 e. The lowest BCUT2D eigenvalue weighted by Gasteiger charge is -2.10. The van der Waals surface area contributed by atoms with Crippen molar-refractivity contribution in [2.24, 2.45) is 11.8 Å². The Hall–Kier alpha value is -3.95. The first-order valence-electron chi connectivity index (χ1n) is 17.1. The maximum atomic E-state index is 13.2. The van der Waals surface area contributed by atoms with E-state index in [9.17, 15) is 27.2 Å². The van der Waals surface area contributed by atoms with Gasteiger partial charge in [0.05, 0.1) is 15.4 Å². The first-order valence-corrected chi connectivity index (χ1v) is 19.3. The van der Waals surface area contributed by atoms with E-state index in [0.717, 1.165) is 38.5 Å². The molecule has 2 aliphatic carbocycles. The van der Waals surface area contributed by atoms with Crippen LogP contribution in [0, 0.1) is 11.8 Å². The van der Waals surface area contributed by atoms with Crippen LogP contribution in [0.5, 0.6) is 23.0 Å². The average molecular weight is 883 g/mol. The highest BCUT2D eigenvalue weighted by molar-refractivity contribution is 6.64. The van der Waals surface area contributed by atoms with Crippen molar-refractivity contribution in [3.05, 3.63) is 71.0 Å². The molecule has 10 nitrogen and oxygen atoms in total. The number of ether oxygens (including phenoxy) is 4.